The summed E-state index contributed by atoms with van der Waals surface area (Å²) in [6.07, 6.45) is 2.01. The van der Waals surface area contributed by atoms with Crippen LogP contribution in [0.4, 0.5) is 0 Å². The van der Waals surface area contributed by atoms with E-state index in [1.165, 1.54) is 4.90 Å². The van der Waals surface area contributed by atoms with Gasteiger partial charge in [-0.15, -0.1) is 11.8 Å². The molecule has 0 aliphatic heterocycles. The van der Waals surface area contributed by atoms with E-state index >= 15 is 0 Å². The molecule has 1 aromatic carbocycles. The van der Waals surface area contributed by atoms with E-state index in [4.69, 9.17) is 5.11 Å². The number of rotatable bonds is 2. The number of hydrogen-bond donors (Lipinski definition) is 1. The highest BCUT2D eigenvalue weighted by Crippen LogP contribution is 2.15. The minimum Gasteiger partial charge on any atom is -0.385 e. The van der Waals surface area contributed by atoms with Crippen molar-refractivity contribution in [1.29, 1.82) is 0 Å². The van der Waals surface area contributed by atoms with E-state index in [1.807, 2.05) is 30.5 Å². The van der Waals surface area contributed by atoms with E-state index < -0.39 is 0 Å². The second-order valence-electron chi connectivity index (χ2n) is 1.91. The Labute approximate surface area is 65.1 Å². The second-order valence-corrected chi connectivity index (χ2v) is 2.79. The van der Waals surface area contributed by atoms with Crippen LogP contribution in [0.3, 0.4) is 0 Å². The van der Waals surface area contributed by atoms with Crippen LogP contribution in [0.1, 0.15) is 5.56 Å². The molecule has 1 nitrogen and oxygen atoms in total. The second kappa shape index (κ2) is 3.64. The maximum Gasteiger partial charge on any atom is 0.109 e. The SMILES string of the molecule is CSc1cccc([CH]O)c1. The molecular formula is C8H9OS. The fourth-order valence-corrected chi connectivity index (χ4v) is 1.19. The molecule has 0 aliphatic rings. The summed E-state index contributed by atoms with van der Waals surface area (Å²) in [6.45, 7) is 1.11. The maximum absolute atomic E-state index is 8.62. The summed E-state index contributed by atoms with van der Waals surface area (Å²) in [4.78, 5) is 1.17. The highest BCUT2D eigenvalue weighted by atomic mass is 32.2. The van der Waals surface area contributed by atoms with E-state index in [1.54, 1.807) is 11.8 Å². The lowest BCUT2D eigenvalue weighted by Crippen LogP contribution is -1.78. The topological polar surface area (TPSA) is 20.2 Å². The normalized spacial score (nSPS) is 9.80. The summed E-state index contributed by atoms with van der Waals surface area (Å²) in [7, 11) is 0. The van der Waals surface area contributed by atoms with E-state index in [9.17, 15) is 0 Å². The van der Waals surface area contributed by atoms with Crippen LogP contribution in [0.15, 0.2) is 29.2 Å². The van der Waals surface area contributed by atoms with Crippen molar-refractivity contribution in [2.45, 2.75) is 4.90 Å². The van der Waals surface area contributed by atoms with Crippen molar-refractivity contribution in [2.75, 3.05) is 6.26 Å². The van der Waals surface area contributed by atoms with Crippen LogP contribution >= 0.6 is 11.8 Å². The Balaban J connectivity index is 2.87. The Morgan fingerprint density at radius 1 is 1.50 bits per heavy atom. The standard InChI is InChI=1S/C8H9OS/c1-10-8-4-2-3-7(5-8)6-9/h2-6,9H,1H3. The fourth-order valence-electron chi connectivity index (χ4n) is 0.722. The van der Waals surface area contributed by atoms with Gasteiger partial charge in [-0.1, -0.05) is 12.1 Å². The predicted octanol–water partition coefficient (Wildman–Crippen LogP) is 2.29. The van der Waals surface area contributed by atoms with Gasteiger partial charge in [0.1, 0.15) is 6.61 Å². The molecule has 1 N–H and O–H groups in total. The molecule has 0 aromatic heterocycles. The molecule has 0 bridgehead atoms. The van der Waals surface area contributed by atoms with Crippen LogP contribution in [0, 0.1) is 6.61 Å². The molecule has 0 amide bonds. The van der Waals surface area contributed by atoms with Gasteiger partial charge < -0.3 is 5.11 Å². The molecule has 1 radical (unpaired) electrons. The number of hydrogen-bond acceptors (Lipinski definition) is 2. The number of aliphatic hydroxyl groups excluding tert-OH is 1. The molecule has 0 aliphatic carbocycles. The number of benzene rings is 1. The van der Waals surface area contributed by atoms with Gasteiger partial charge in [0.05, 0.1) is 0 Å². The van der Waals surface area contributed by atoms with Gasteiger partial charge in [0.2, 0.25) is 0 Å². The van der Waals surface area contributed by atoms with Gasteiger partial charge in [0.25, 0.3) is 0 Å². The van der Waals surface area contributed by atoms with Crippen molar-refractivity contribution in [3.8, 4) is 0 Å². The molecule has 0 unspecified atom stereocenters. The molecular weight excluding hydrogens is 144 g/mol. The molecule has 0 saturated carbocycles. The zero-order valence-corrected chi connectivity index (χ0v) is 6.56. The lowest BCUT2D eigenvalue weighted by molar-refractivity contribution is 0.414. The minimum atomic E-state index is 0.854. The molecule has 0 atom stereocenters. The average molecular weight is 153 g/mol. The van der Waals surface area contributed by atoms with Crippen LogP contribution in [-0.4, -0.2) is 11.4 Å². The summed E-state index contributed by atoms with van der Waals surface area (Å²) in [5.41, 5.74) is 0.854. The molecule has 0 spiro atoms. The van der Waals surface area contributed by atoms with Crippen LogP contribution < -0.4 is 0 Å². The van der Waals surface area contributed by atoms with Crippen molar-refractivity contribution in [3.05, 3.63) is 36.4 Å². The fraction of sp³-hybridized carbons (Fsp3) is 0.125. The Kier molecular flexibility index (Phi) is 2.78. The average Bonchev–Trinajstić information content (AvgIpc) is 2.05. The highest BCUT2D eigenvalue weighted by molar-refractivity contribution is 7.98. The third-order valence-corrected chi connectivity index (χ3v) is 1.97. The minimum absolute atomic E-state index is 0.854. The Hall–Kier alpha value is -0.470. The maximum atomic E-state index is 8.62. The Morgan fingerprint density at radius 3 is 2.90 bits per heavy atom. The Bertz CT molecular complexity index is 191. The summed E-state index contributed by atoms with van der Waals surface area (Å²) in [5, 5.41) is 8.62. The lowest BCUT2D eigenvalue weighted by atomic mass is 10.2. The first kappa shape index (κ1) is 7.63. The van der Waals surface area contributed by atoms with Crippen LogP contribution in [0.25, 0.3) is 0 Å². The van der Waals surface area contributed by atoms with Crippen molar-refractivity contribution in [1.82, 2.24) is 0 Å². The van der Waals surface area contributed by atoms with Crippen LogP contribution in [0.5, 0.6) is 0 Å². The third kappa shape index (κ3) is 1.75. The van der Waals surface area contributed by atoms with Crippen LogP contribution in [-0.2, 0) is 0 Å². The zero-order valence-electron chi connectivity index (χ0n) is 5.74. The molecule has 2 heteroatoms. The van der Waals surface area contributed by atoms with Gasteiger partial charge in [-0.3, -0.25) is 0 Å². The van der Waals surface area contributed by atoms with Crippen molar-refractivity contribution >= 4 is 11.8 Å². The summed E-state index contributed by atoms with van der Waals surface area (Å²) in [5.74, 6) is 0. The largest absolute Gasteiger partial charge is 0.385 e. The summed E-state index contributed by atoms with van der Waals surface area (Å²) < 4.78 is 0. The third-order valence-electron chi connectivity index (χ3n) is 1.24. The Morgan fingerprint density at radius 2 is 2.30 bits per heavy atom. The predicted molar refractivity (Wildman–Crippen MR) is 43.6 cm³/mol. The molecule has 10 heavy (non-hydrogen) atoms. The van der Waals surface area contributed by atoms with E-state index in [2.05, 4.69) is 0 Å². The quantitative estimate of drug-likeness (QED) is 0.658. The molecule has 53 valence electrons. The smallest absolute Gasteiger partial charge is 0.109 e. The summed E-state index contributed by atoms with van der Waals surface area (Å²) >= 11 is 1.67. The van der Waals surface area contributed by atoms with Gasteiger partial charge >= 0.3 is 0 Å². The van der Waals surface area contributed by atoms with E-state index in [0.717, 1.165) is 12.2 Å². The molecule has 0 heterocycles. The monoisotopic (exact) mass is 153 g/mol. The van der Waals surface area contributed by atoms with Crippen molar-refractivity contribution < 1.29 is 5.11 Å². The van der Waals surface area contributed by atoms with E-state index in [0.29, 0.717) is 0 Å². The van der Waals surface area contributed by atoms with Crippen molar-refractivity contribution in [2.24, 2.45) is 0 Å². The van der Waals surface area contributed by atoms with E-state index in [-0.39, 0.29) is 0 Å². The lowest BCUT2D eigenvalue weighted by Gasteiger charge is -1.97. The molecule has 1 rings (SSSR count). The summed E-state index contributed by atoms with van der Waals surface area (Å²) in [6, 6.07) is 7.73. The number of thioether (sulfide) groups is 1. The van der Waals surface area contributed by atoms with Crippen molar-refractivity contribution in [3.63, 3.8) is 0 Å². The van der Waals surface area contributed by atoms with Gasteiger partial charge in [-0.25, -0.2) is 0 Å². The molecule has 0 saturated heterocycles. The van der Waals surface area contributed by atoms with Gasteiger partial charge in [0, 0.05) is 4.90 Å². The highest BCUT2D eigenvalue weighted by Gasteiger charge is 1.91. The molecule has 1 aromatic rings. The van der Waals surface area contributed by atoms with Gasteiger partial charge in [-0.2, -0.15) is 0 Å². The number of aliphatic hydroxyl groups is 1. The first-order valence-electron chi connectivity index (χ1n) is 2.98. The van der Waals surface area contributed by atoms with Crippen LogP contribution in [0.2, 0.25) is 0 Å². The first-order valence-corrected chi connectivity index (χ1v) is 4.21. The van der Waals surface area contributed by atoms with Gasteiger partial charge in [0.15, 0.2) is 0 Å². The first-order chi connectivity index (χ1) is 4.86. The zero-order chi connectivity index (χ0) is 7.40. The molecule has 0 fully saturated rings. The van der Waals surface area contributed by atoms with Gasteiger partial charge in [-0.05, 0) is 24.0 Å².